The van der Waals surface area contributed by atoms with Crippen LogP contribution in [0.1, 0.15) is 96.8 Å². The van der Waals surface area contributed by atoms with Crippen molar-refractivity contribution in [3.8, 4) is 0 Å². The summed E-state index contributed by atoms with van der Waals surface area (Å²) in [5.41, 5.74) is 2.66. The molecule has 4 amide bonds. The first-order valence-electron chi connectivity index (χ1n) is 17.5. The molecule has 1 aliphatic carbocycles. The highest BCUT2D eigenvalue weighted by atomic mass is 31.2. The summed E-state index contributed by atoms with van der Waals surface area (Å²) in [5, 5.41) is 4.40. The molecule has 7 atom stereocenters. The maximum atomic E-state index is 14.3. The maximum Gasteiger partial charge on any atom is 0.410 e. The van der Waals surface area contributed by atoms with Crippen LogP contribution in [0.5, 0.6) is 0 Å². The van der Waals surface area contributed by atoms with Gasteiger partial charge in [0.15, 0.2) is 0 Å². The van der Waals surface area contributed by atoms with E-state index < -0.39 is 60.3 Å². The van der Waals surface area contributed by atoms with E-state index in [4.69, 9.17) is 9.47 Å². The fourth-order valence-electron chi connectivity index (χ4n) is 7.58. The van der Waals surface area contributed by atoms with E-state index in [0.717, 1.165) is 36.8 Å². The predicted octanol–water partition coefficient (Wildman–Crippen LogP) is 5.14. The van der Waals surface area contributed by atoms with Crippen LogP contribution >= 0.6 is 7.37 Å². The Morgan fingerprint density at radius 1 is 1.15 bits per heavy atom. The van der Waals surface area contributed by atoms with E-state index in [9.17, 15) is 28.6 Å². The molecule has 1 aromatic rings. The zero-order chi connectivity index (χ0) is 35.0. The van der Waals surface area contributed by atoms with E-state index in [1.165, 1.54) is 10.5 Å². The van der Waals surface area contributed by atoms with Crippen molar-refractivity contribution < 1.29 is 38.1 Å². The minimum atomic E-state index is -3.74. The molecule has 4 bridgehead atoms. The van der Waals surface area contributed by atoms with Gasteiger partial charge in [-0.2, -0.15) is 0 Å². The van der Waals surface area contributed by atoms with E-state index >= 15 is 0 Å². The smallest absolute Gasteiger partial charge is 0.410 e. The molecular weight excluding hydrogens is 635 g/mol. The van der Waals surface area contributed by atoms with Crippen LogP contribution in [0, 0.1) is 17.3 Å². The van der Waals surface area contributed by atoms with Gasteiger partial charge in [0.05, 0.1) is 13.2 Å². The summed E-state index contributed by atoms with van der Waals surface area (Å²) in [5.74, 6) is -1.12. The summed E-state index contributed by atoms with van der Waals surface area (Å²) in [6.45, 7) is 12.0. The number of amides is 4. The number of rotatable bonds is 5. The Morgan fingerprint density at radius 3 is 2.54 bits per heavy atom. The molecule has 4 aliphatic rings. The summed E-state index contributed by atoms with van der Waals surface area (Å²) < 4.78 is 24.9. The third kappa shape index (κ3) is 7.39. The van der Waals surface area contributed by atoms with E-state index in [-0.39, 0.29) is 37.6 Å². The zero-order valence-electron chi connectivity index (χ0n) is 29.3. The first-order chi connectivity index (χ1) is 22.6. The SMILES string of the molecule is CC[C@@H]1C[C@]1(NC(=O)[C@@H]1C[C@@H]2CN1C(=O)[C@H](C(C)(C)C)NC(=O)OC[C@H](C)CCCCc1cccc3c1CN(C3)C(=O)O2)P(=O)(O)CC. The number of nitrogens with one attached hydrogen (secondary N) is 2. The molecule has 1 unspecified atom stereocenters. The third-order valence-corrected chi connectivity index (χ3v) is 13.4. The largest absolute Gasteiger partial charge is 0.449 e. The number of ether oxygens (including phenoxy) is 2. The molecule has 48 heavy (non-hydrogen) atoms. The maximum absolute atomic E-state index is 14.3. The van der Waals surface area contributed by atoms with Crippen molar-refractivity contribution in [1.29, 1.82) is 0 Å². The Balaban J connectivity index is 1.44. The number of aryl methyl sites for hydroxylation is 1. The molecule has 0 radical (unpaired) electrons. The summed E-state index contributed by atoms with van der Waals surface area (Å²) >= 11 is 0. The second-order valence-electron chi connectivity index (χ2n) is 15.3. The number of nitrogens with zero attached hydrogens (tertiary/aromatic N) is 2. The van der Waals surface area contributed by atoms with Crippen LogP contribution < -0.4 is 10.6 Å². The highest BCUT2D eigenvalue weighted by Gasteiger charge is 2.65. The monoisotopic (exact) mass is 688 g/mol. The molecule has 0 spiro atoms. The van der Waals surface area contributed by atoms with Crippen molar-refractivity contribution in [2.24, 2.45) is 17.3 Å². The van der Waals surface area contributed by atoms with Crippen LogP contribution in [0.15, 0.2) is 18.2 Å². The normalized spacial score (nSPS) is 31.3. The first-order valence-corrected chi connectivity index (χ1v) is 19.4. The highest BCUT2D eigenvalue weighted by Crippen LogP contribution is 2.69. The second-order valence-corrected chi connectivity index (χ2v) is 18.1. The van der Waals surface area contributed by atoms with E-state index in [1.54, 1.807) is 11.8 Å². The number of carbonyl (C=O) groups excluding carboxylic acids is 4. The van der Waals surface area contributed by atoms with E-state index in [2.05, 4.69) is 16.7 Å². The number of hydrogen-bond acceptors (Lipinski definition) is 7. The predicted molar refractivity (Wildman–Crippen MR) is 180 cm³/mol. The second kappa shape index (κ2) is 14.0. The number of fused-ring (bicyclic) bond motifs is 3. The number of benzene rings is 1. The summed E-state index contributed by atoms with van der Waals surface area (Å²) in [6, 6.07) is 4.01. The van der Waals surface area contributed by atoms with Gasteiger partial charge in [-0.15, -0.1) is 0 Å². The zero-order valence-corrected chi connectivity index (χ0v) is 30.1. The minimum absolute atomic E-state index is 0.00795. The van der Waals surface area contributed by atoms with Crippen LogP contribution in [-0.2, 0) is 43.1 Å². The molecular formula is C35H53N4O8P. The molecule has 3 heterocycles. The molecule has 266 valence electrons. The van der Waals surface area contributed by atoms with Crippen LogP contribution in [0.2, 0.25) is 0 Å². The van der Waals surface area contributed by atoms with Gasteiger partial charge < -0.3 is 29.9 Å². The van der Waals surface area contributed by atoms with Crippen LogP contribution in [-0.4, -0.2) is 81.5 Å². The van der Waals surface area contributed by atoms with E-state index in [0.29, 0.717) is 25.9 Å². The fraction of sp³-hybridized carbons (Fsp3) is 0.714. The minimum Gasteiger partial charge on any atom is -0.449 e. The number of hydrogen-bond donors (Lipinski definition) is 3. The molecule has 1 aromatic carbocycles. The van der Waals surface area contributed by atoms with Crippen LogP contribution in [0.25, 0.3) is 0 Å². The van der Waals surface area contributed by atoms with Crippen molar-refractivity contribution in [3.05, 3.63) is 34.9 Å². The van der Waals surface area contributed by atoms with Crippen LogP contribution in [0.4, 0.5) is 9.59 Å². The third-order valence-electron chi connectivity index (χ3n) is 10.7. The van der Waals surface area contributed by atoms with Crippen molar-refractivity contribution in [2.45, 2.75) is 123 Å². The number of alkyl carbamates (subject to hydrolysis) is 1. The van der Waals surface area contributed by atoms with Gasteiger partial charge in [-0.05, 0) is 59.6 Å². The fourth-order valence-corrected chi connectivity index (χ4v) is 9.68. The molecule has 3 N–H and O–H groups in total. The molecule has 13 heteroatoms. The molecule has 3 aliphatic heterocycles. The van der Waals surface area contributed by atoms with Crippen molar-refractivity contribution >= 4 is 31.4 Å². The lowest BCUT2D eigenvalue weighted by Crippen LogP contribution is -2.58. The van der Waals surface area contributed by atoms with Gasteiger partial charge in [-0.25, -0.2) is 9.59 Å². The van der Waals surface area contributed by atoms with Crippen molar-refractivity contribution in [1.82, 2.24) is 20.4 Å². The summed E-state index contributed by atoms with van der Waals surface area (Å²) in [6.07, 6.45) is 2.64. The molecule has 1 saturated carbocycles. The van der Waals surface area contributed by atoms with Crippen LogP contribution in [0.3, 0.4) is 0 Å². The lowest BCUT2D eigenvalue weighted by Gasteiger charge is -2.35. The Bertz CT molecular complexity index is 1460. The van der Waals surface area contributed by atoms with Gasteiger partial charge in [0.1, 0.15) is 23.5 Å². The Kier molecular flexibility index (Phi) is 10.6. The number of cyclic esters (lactones) is 1. The first kappa shape index (κ1) is 36.2. The van der Waals surface area contributed by atoms with Gasteiger partial charge >= 0.3 is 12.2 Å². The molecule has 12 nitrogen and oxygen atoms in total. The molecule has 5 rings (SSSR count). The topological polar surface area (TPSA) is 155 Å². The Hall–Kier alpha value is -3.11. The van der Waals surface area contributed by atoms with Gasteiger partial charge in [0.2, 0.25) is 19.2 Å². The summed E-state index contributed by atoms with van der Waals surface area (Å²) in [7, 11) is -3.74. The van der Waals surface area contributed by atoms with Crippen molar-refractivity contribution in [2.75, 3.05) is 19.3 Å². The lowest BCUT2D eigenvalue weighted by atomic mass is 9.85. The summed E-state index contributed by atoms with van der Waals surface area (Å²) in [4.78, 5) is 68.9. The van der Waals surface area contributed by atoms with Crippen molar-refractivity contribution in [3.63, 3.8) is 0 Å². The average molecular weight is 689 g/mol. The average Bonchev–Trinajstić information content (AvgIpc) is 3.35. The number of carbonyl (C=O) groups is 4. The molecule has 2 fully saturated rings. The lowest BCUT2D eigenvalue weighted by molar-refractivity contribution is -0.142. The van der Waals surface area contributed by atoms with E-state index in [1.807, 2.05) is 46.8 Å². The van der Waals surface area contributed by atoms with Gasteiger partial charge in [0, 0.05) is 25.7 Å². The quantitative estimate of drug-likeness (QED) is 0.359. The Labute approximate surface area is 284 Å². The highest BCUT2D eigenvalue weighted by molar-refractivity contribution is 7.60. The molecule has 1 saturated heterocycles. The van der Waals surface area contributed by atoms with Gasteiger partial charge in [-0.3, -0.25) is 19.1 Å². The standard InChI is InChI=1S/C35H53N4O8P/c1-7-25-17-35(25,48(44,45)8-2)37-30(40)28-16-26-19-39(28)31(41)29(34(4,5)6)36-32(42)46-21-22(3)12-9-10-13-23-14-11-15-24-18-38(20-27(23)24)33(43)47-26/h11,14-15,22,25-26,28-29H,7-10,12-13,16-21H2,1-6H3,(H,36,42)(H,37,40)(H,44,45)/t22-,25-,26-,28+,29-,35+/m1/s1. The molecule has 0 aromatic heterocycles. The van der Waals surface area contributed by atoms with Gasteiger partial charge in [-0.1, -0.05) is 72.6 Å². The van der Waals surface area contributed by atoms with Gasteiger partial charge in [0.25, 0.3) is 0 Å². The Morgan fingerprint density at radius 2 is 1.88 bits per heavy atom.